The van der Waals surface area contributed by atoms with Gasteiger partial charge in [0.1, 0.15) is 5.75 Å². The number of carboxylic acid groups (broad SMARTS) is 1. The minimum Gasteiger partial charge on any atom is -0.497 e. The van der Waals surface area contributed by atoms with Crippen molar-refractivity contribution in [2.45, 2.75) is 33.7 Å². The number of carboxylic acids is 1. The summed E-state index contributed by atoms with van der Waals surface area (Å²) in [6, 6.07) is 7.48. The average Bonchev–Trinajstić information content (AvgIpc) is 2.44. The summed E-state index contributed by atoms with van der Waals surface area (Å²) in [7, 11) is 1.60. The Hall–Kier alpha value is -2.04. The molecule has 1 rings (SSSR count). The molecule has 5 heteroatoms. The van der Waals surface area contributed by atoms with Crippen molar-refractivity contribution >= 4 is 11.9 Å². The molecule has 1 aromatic carbocycles. The lowest BCUT2D eigenvalue weighted by Gasteiger charge is -2.25. The number of ether oxygens (including phenoxy) is 1. The lowest BCUT2D eigenvalue weighted by Crippen LogP contribution is -2.36. The van der Waals surface area contributed by atoms with E-state index in [2.05, 4.69) is 0 Å². The fraction of sp³-hybridized carbons (Fsp3) is 0.500. The Kier molecular flexibility index (Phi) is 5.76. The Bertz CT molecular complexity index is 494. The van der Waals surface area contributed by atoms with Crippen LogP contribution in [0.5, 0.6) is 5.75 Å². The van der Waals surface area contributed by atoms with Gasteiger partial charge in [0.05, 0.1) is 12.5 Å². The molecule has 0 unspecified atom stereocenters. The van der Waals surface area contributed by atoms with E-state index in [4.69, 9.17) is 9.84 Å². The minimum atomic E-state index is -1.05. The lowest BCUT2D eigenvalue weighted by atomic mass is 9.89. The zero-order valence-corrected chi connectivity index (χ0v) is 13.0. The van der Waals surface area contributed by atoms with E-state index in [0.29, 0.717) is 13.1 Å². The van der Waals surface area contributed by atoms with Crippen molar-refractivity contribution in [2.75, 3.05) is 13.7 Å². The van der Waals surface area contributed by atoms with Crippen LogP contribution in [0, 0.1) is 5.41 Å². The monoisotopic (exact) mass is 293 g/mol. The second-order valence-corrected chi connectivity index (χ2v) is 5.62. The number of hydrogen-bond acceptors (Lipinski definition) is 3. The number of benzene rings is 1. The van der Waals surface area contributed by atoms with Gasteiger partial charge in [0.15, 0.2) is 0 Å². The number of rotatable bonds is 7. The standard InChI is InChI=1S/C16H23NO4/c1-5-17(14(18)10-16(2,3)15(19)20)11-12-6-8-13(21-4)9-7-12/h6-9H,5,10-11H2,1-4H3,(H,19,20). The van der Waals surface area contributed by atoms with Gasteiger partial charge in [-0.25, -0.2) is 0 Å². The Morgan fingerprint density at radius 2 is 1.81 bits per heavy atom. The van der Waals surface area contributed by atoms with Gasteiger partial charge >= 0.3 is 5.97 Å². The van der Waals surface area contributed by atoms with E-state index in [-0.39, 0.29) is 12.3 Å². The Balaban J connectivity index is 2.73. The third kappa shape index (κ3) is 4.77. The Morgan fingerprint density at radius 1 is 1.24 bits per heavy atom. The number of hydrogen-bond donors (Lipinski definition) is 1. The van der Waals surface area contributed by atoms with Crippen LogP contribution in [0.4, 0.5) is 0 Å². The highest BCUT2D eigenvalue weighted by Gasteiger charge is 2.31. The number of nitrogens with zero attached hydrogens (tertiary/aromatic N) is 1. The molecule has 0 saturated heterocycles. The predicted molar refractivity (Wildman–Crippen MR) is 80.1 cm³/mol. The number of carbonyl (C=O) groups excluding carboxylic acids is 1. The predicted octanol–water partition coefficient (Wildman–Crippen LogP) is 2.54. The van der Waals surface area contributed by atoms with Crippen molar-refractivity contribution in [1.29, 1.82) is 0 Å². The largest absolute Gasteiger partial charge is 0.497 e. The van der Waals surface area contributed by atoms with Crippen molar-refractivity contribution in [2.24, 2.45) is 5.41 Å². The molecule has 5 nitrogen and oxygen atoms in total. The molecule has 1 aromatic rings. The van der Waals surface area contributed by atoms with E-state index < -0.39 is 11.4 Å². The van der Waals surface area contributed by atoms with E-state index >= 15 is 0 Å². The normalized spacial score (nSPS) is 11.0. The smallest absolute Gasteiger partial charge is 0.309 e. The van der Waals surface area contributed by atoms with Gasteiger partial charge in [0.2, 0.25) is 5.91 Å². The molecule has 0 radical (unpaired) electrons. The molecule has 1 N–H and O–H groups in total. The second-order valence-electron chi connectivity index (χ2n) is 5.62. The molecular formula is C16H23NO4. The molecule has 0 spiro atoms. The number of methoxy groups -OCH3 is 1. The summed E-state index contributed by atoms with van der Waals surface area (Å²) >= 11 is 0. The van der Waals surface area contributed by atoms with Gasteiger partial charge in [-0.15, -0.1) is 0 Å². The maximum absolute atomic E-state index is 12.3. The van der Waals surface area contributed by atoms with Gasteiger partial charge in [0.25, 0.3) is 0 Å². The maximum atomic E-state index is 12.3. The summed E-state index contributed by atoms with van der Waals surface area (Å²) in [6.07, 6.45) is -0.00761. The minimum absolute atomic E-state index is 0.00761. The van der Waals surface area contributed by atoms with E-state index in [0.717, 1.165) is 11.3 Å². The molecule has 0 aliphatic rings. The highest BCUT2D eigenvalue weighted by atomic mass is 16.5. The summed E-state index contributed by atoms with van der Waals surface area (Å²) in [6.45, 7) is 6.02. The number of amides is 1. The number of carbonyl (C=O) groups is 2. The molecule has 116 valence electrons. The molecule has 0 aliphatic heterocycles. The molecule has 0 saturated carbocycles. The Morgan fingerprint density at radius 3 is 2.24 bits per heavy atom. The highest BCUT2D eigenvalue weighted by molar-refractivity contribution is 5.84. The van der Waals surface area contributed by atoms with Gasteiger partial charge in [0, 0.05) is 19.5 Å². The van der Waals surface area contributed by atoms with Crippen molar-refractivity contribution < 1.29 is 19.4 Å². The van der Waals surface area contributed by atoms with Gasteiger partial charge in [-0.1, -0.05) is 12.1 Å². The van der Waals surface area contributed by atoms with Crippen LogP contribution in [0.25, 0.3) is 0 Å². The molecule has 0 heterocycles. The summed E-state index contributed by atoms with van der Waals surface area (Å²) in [5, 5.41) is 9.11. The van der Waals surface area contributed by atoms with Crippen LogP contribution in [0.1, 0.15) is 32.8 Å². The van der Waals surface area contributed by atoms with Gasteiger partial charge in [-0.2, -0.15) is 0 Å². The molecule has 0 aromatic heterocycles. The SMILES string of the molecule is CCN(Cc1ccc(OC)cc1)C(=O)CC(C)(C)C(=O)O. The maximum Gasteiger partial charge on any atom is 0.309 e. The number of aliphatic carboxylic acids is 1. The van der Waals surface area contributed by atoms with Gasteiger partial charge < -0.3 is 14.7 Å². The van der Waals surface area contributed by atoms with Crippen molar-refractivity contribution in [3.8, 4) is 5.75 Å². The third-order valence-corrected chi connectivity index (χ3v) is 3.44. The van der Waals surface area contributed by atoms with Crippen LogP contribution in [0.2, 0.25) is 0 Å². The molecule has 0 fully saturated rings. The van der Waals surface area contributed by atoms with Crippen molar-refractivity contribution in [3.05, 3.63) is 29.8 Å². The first kappa shape index (κ1) is 17.0. The van der Waals surface area contributed by atoms with Gasteiger partial charge in [-0.3, -0.25) is 9.59 Å². The molecule has 0 aliphatic carbocycles. The third-order valence-electron chi connectivity index (χ3n) is 3.44. The molecule has 0 atom stereocenters. The molecule has 21 heavy (non-hydrogen) atoms. The zero-order chi connectivity index (χ0) is 16.0. The highest BCUT2D eigenvalue weighted by Crippen LogP contribution is 2.22. The van der Waals surface area contributed by atoms with Crippen molar-refractivity contribution in [1.82, 2.24) is 4.90 Å². The van der Waals surface area contributed by atoms with Crippen LogP contribution < -0.4 is 4.74 Å². The van der Waals surface area contributed by atoms with E-state index in [9.17, 15) is 9.59 Å². The van der Waals surface area contributed by atoms with Crippen LogP contribution in [-0.4, -0.2) is 35.5 Å². The molecule has 1 amide bonds. The van der Waals surface area contributed by atoms with Crippen molar-refractivity contribution in [3.63, 3.8) is 0 Å². The van der Waals surface area contributed by atoms with Gasteiger partial charge in [-0.05, 0) is 38.5 Å². The molecule has 0 bridgehead atoms. The fourth-order valence-electron chi connectivity index (χ4n) is 1.89. The van der Waals surface area contributed by atoms with E-state index in [1.54, 1.807) is 25.9 Å². The fourth-order valence-corrected chi connectivity index (χ4v) is 1.89. The second kappa shape index (κ2) is 7.11. The van der Waals surface area contributed by atoms with Crippen LogP contribution in [-0.2, 0) is 16.1 Å². The quantitative estimate of drug-likeness (QED) is 0.839. The Labute approximate surface area is 125 Å². The summed E-state index contributed by atoms with van der Waals surface area (Å²) in [5.41, 5.74) is -0.0659. The van der Waals surface area contributed by atoms with Crippen LogP contribution in [0.3, 0.4) is 0 Å². The summed E-state index contributed by atoms with van der Waals surface area (Å²) < 4.78 is 5.09. The average molecular weight is 293 g/mol. The first-order valence-corrected chi connectivity index (χ1v) is 6.94. The topological polar surface area (TPSA) is 66.8 Å². The zero-order valence-electron chi connectivity index (χ0n) is 13.0. The van der Waals surface area contributed by atoms with E-state index in [1.165, 1.54) is 0 Å². The first-order chi connectivity index (χ1) is 9.80. The summed E-state index contributed by atoms with van der Waals surface area (Å²) in [5.74, 6) is -0.350. The van der Waals surface area contributed by atoms with E-state index in [1.807, 2.05) is 31.2 Å². The first-order valence-electron chi connectivity index (χ1n) is 6.94. The lowest BCUT2D eigenvalue weighted by molar-refractivity contribution is -0.151. The summed E-state index contributed by atoms with van der Waals surface area (Å²) in [4.78, 5) is 25.0. The van der Waals surface area contributed by atoms with Crippen LogP contribution >= 0.6 is 0 Å². The molecular weight excluding hydrogens is 270 g/mol. The van der Waals surface area contributed by atoms with Crippen LogP contribution in [0.15, 0.2) is 24.3 Å².